The predicted octanol–water partition coefficient (Wildman–Crippen LogP) is 3.97. The van der Waals surface area contributed by atoms with Crippen molar-refractivity contribution in [2.45, 2.75) is 0 Å². The van der Waals surface area contributed by atoms with Gasteiger partial charge >= 0.3 is 0 Å². The second kappa shape index (κ2) is 8.14. The molecule has 6 nitrogen and oxygen atoms in total. The first-order valence-corrected chi connectivity index (χ1v) is 9.74. The van der Waals surface area contributed by atoms with Crippen molar-refractivity contribution in [2.75, 3.05) is 12.0 Å². The minimum Gasteiger partial charge on any atom is -0.497 e. The third-order valence-electron chi connectivity index (χ3n) is 4.57. The van der Waals surface area contributed by atoms with Gasteiger partial charge in [0.15, 0.2) is 5.11 Å². The van der Waals surface area contributed by atoms with Crippen LogP contribution >= 0.6 is 23.8 Å². The fourth-order valence-electron chi connectivity index (χ4n) is 3.09. The molecular formula is C22H16ClN3O3S. The van der Waals surface area contributed by atoms with Crippen molar-refractivity contribution < 1.29 is 14.3 Å². The van der Waals surface area contributed by atoms with Gasteiger partial charge in [-0.05, 0) is 72.4 Å². The fraction of sp³-hybridized carbons (Fsp3) is 0.0455. The number of thiocarbonyl (C=S) groups is 1. The Labute approximate surface area is 183 Å². The Hall–Kier alpha value is -3.42. The minimum absolute atomic E-state index is 0.0141. The molecule has 0 bridgehead atoms. The lowest BCUT2D eigenvalue weighted by atomic mass is 10.1. The largest absolute Gasteiger partial charge is 0.497 e. The second-order valence-corrected chi connectivity index (χ2v) is 7.31. The zero-order chi connectivity index (χ0) is 21.3. The average Bonchev–Trinajstić information content (AvgIpc) is 3.20. The van der Waals surface area contributed by atoms with Crippen LogP contribution in [0.3, 0.4) is 0 Å². The number of anilines is 1. The zero-order valence-corrected chi connectivity index (χ0v) is 17.4. The highest BCUT2D eigenvalue weighted by Crippen LogP contribution is 2.25. The number of hydrogen-bond acceptors (Lipinski definition) is 4. The number of halogens is 1. The normalized spacial score (nSPS) is 15.5. The summed E-state index contributed by atoms with van der Waals surface area (Å²) in [6.07, 6.45) is 5.21. The van der Waals surface area contributed by atoms with E-state index in [9.17, 15) is 9.59 Å². The van der Waals surface area contributed by atoms with E-state index < -0.39 is 11.8 Å². The van der Waals surface area contributed by atoms with E-state index in [0.717, 1.165) is 11.4 Å². The minimum atomic E-state index is -0.541. The molecule has 0 radical (unpaired) electrons. The van der Waals surface area contributed by atoms with Crippen LogP contribution in [0.1, 0.15) is 5.56 Å². The van der Waals surface area contributed by atoms with E-state index in [1.807, 2.05) is 47.3 Å². The lowest BCUT2D eigenvalue weighted by Crippen LogP contribution is -2.54. The van der Waals surface area contributed by atoms with Crippen LogP contribution in [0.25, 0.3) is 11.8 Å². The molecule has 1 fully saturated rings. The van der Waals surface area contributed by atoms with Gasteiger partial charge in [-0.15, -0.1) is 0 Å². The van der Waals surface area contributed by atoms with Gasteiger partial charge in [0, 0.05) is 23.1 Å². The number of ether oxygens (including phenoxy) is 1. The number of aromatic nitrogens is 1. The fourth-order valence-corrected chi connectivity index (χ4v) is 3.55. The monoisotopic (exact) mass is 437 g/mol. The van der Waals surface area contributed by atoms with Gasteiger partial charge in [-0.2, -0.15) is 0 Å². The molecule has 3 aromatic rings. The SMILES string of the molecule is COc1ccc(-n2ccc(/C=C3/C(=O)NC(=S)N(c4cccc(Cl)c4)C3=O)c2)cc1. The van der Waals surface area contributed by atoms with E-state index in [4.69, 9.17) is 28.6 Å². The molecule has 2 heterocycles. The van der Waals surface area contributed by atoms with Crippen molar-refractivity contribution in [3.05, 3.63) is 83.2 Å². The Morgan fingerprint density at radius 3 is 2.53 bits per heavy atom. The molecule has 1 aliphatic rings. The van der Waals surface area contributed by atoms with Gasteiger partial charge in [-0.3, -0.25) is 19.8 Å². The van der Waals surface area contributed by atoms with Crippen LogP contribution in [0.2, 0.25) is 5.02 Å². The molecule has 8 heteroatoms. The first-order valence-electron chi connectivity index (χ1n) is 8.96. The molecule has 1 aromatic heterocycles. The smallest absolute Gasteiger partial charge is 0.270 e. The molecule has 150 valence electrons. The number of nitrogens with zero attached hydrogens (tertiary/aromatic N) is 2. The molecule has 0 unspecified atom stereocenters. The number of carbonyl (C=O) groups excluding carboxylic acids is 2. The summed E-state index contributed by atoms with van der Waals surface area (Å²) in [5.74, 6) is -0.293. The van der Waals surface area contributed by atoms with Crippen LogP contribution in [0.15, 0.2) is 72.6 Å². The van der Waals surface area contributed by atoms with Gasteiger partial charge in [-0.1, -0.05) is 17.7 Å². The number of hydrogen-bond donors (Lipinski definition) is 1. The van der Waals surface area contributed by atoms with E-state index in [-0.39, 0.29) is 10.7 Å². The standard InChI is InChI=1S/C22H16ClN3O3S/c1-29-18-7-5-16(6-8-18)25-10-9-14(13-25)11-19-20(27)24-22(30)26(21(19)28)17-4-2-3-15(23)12-17/h2-13H,1H3,(H,24,27,30)/b19-11-. The molecule has 4 rings (SSSR count). The van der Waals surface area contributed by atoms with Gasteiger partial charge in [0.2, 0.25) is 0 Å². The van der Waals surface area contributed by atoms with Crippen molar-refractivity contribution in [3.8, 4) is 11.4 Å². The van der Waals surface area contributed by atoms with Crippen LogP contribution in [-0.4, -0.2) is 28.6 Å². The summed E-state index contributed by atoms with van der Waals surface area (Å²) >= 11 is 11.2. The number of benzene rings is 2. The molecule has 30 heavy (non-hydrogen) atoms. The first kappa shape index (κ1) is 19.9. The van der Waals surface area contributed by atoms with Gasteiger partial charge in [0.05, 0.1) is 12.8 Å². The summed E-state index contributed by atoms with van der Waals surface area (Å²) in [4.78, 5) is 26.8. The Balaban J connectivity index is 1.65. The number of methoxy groups -OCH3 is 1. The Bertz CT molecular complexity index is 1180. The maximum absolute atomic E-state index is 13.1. The second-order valence-electron chi connectivity index (χ2n) is 6.49. The lowest BCUT2D eigenvalue weighted by molar-refractivity contribution is -0.122. The van der Waals surface area contributed by atoms with Crippen LogP contribution < -0.4 is 15.0 Å². The van der Waals surface area contributed by atoms with Crippen LogP contribution in [0, 0.1) is 0 Å². The van der Waals surface area contributed by atoms with Crippen molar-refractivity contribution >= 4 is 52.5 Å². The highest BCUT2D eigenvalue weighted by Gasteiger charge is 2.34. The lowest BCUT2D eigenvalue weighted by Gasteiger charge is -2.28. The van der Waals surface area contributed by atoms with Crippen molar-refractivity contribution in [1.82, 2.24) is 9.88 Å². The van der Waals surface area contributed by atoms with Crippen molar-refractivity contribution in [2.24, 2.45) is 0 Å². The highest BCUT2D eigenvalue weighted by atomic mass is 35.5. The number of amides is 2. The first-order chi connectivity index (χ1) is 14.5. The summed E-state index contributed by atoms with van der Waals surface area (Å²) in [6.45, 7) is 0. The Morgan fingerprint density at radius 2 is 1.83 bits per heavy atom. The quantitative estimate of drug-likeness (QED) is 0.381. The van der Waals surface area contributed by atoms with E-state index >= 15 is 0 Å². The highest BCUT2D eigenvalue weighted by molar-refractivity contribution is 7.80. The Morgan fingerprint density at radius 1 is 1.07 bits per heavy atom. The maximum Gasteiger partial charge on any atom is 0.270 e. The summed E-state index contributed by atoms with van der Waals surface area (Å²) in [5.41, 5.74) is 2.08. The average molecular weight is 438 g/mol. The molecule has 2 aromatic carbocycles. The topological polar surface area (TPSA) is 63.6 Å². The third kappa shape index (κ3) is 3.85. The van der Waals surface area contributed by atoms with Gasteiger partial charge in [-0.25, -0.2) is 0 Å². The summed E-state index contributed by atoms with van der Waals surface area (Å²) < 4.78 is 7.06. The molecule has 0 spiro atoms. The molecule has 1 aliphatic heterocycles. The summed E-state index contributed by atoms with van der Waals surface area (Å²) in [7, 11) is 1.61. The van der Waals surface area contributed by atoms with Crippen LogP contribution in [0.5, 0.6) is 5.75 Å². The number of nitrogens with one attached hydrogen (secondary N) is 1. The molecule has 0 aliphatic carbocycles. The summed E-state index contributed by atoms with van der Waals surface area (Å²) in [6, 6.07) is 16.1. The van der Waals surface area contributed by atoms with Gasteiger partial charge < -0.3 is 9.30 Å². The van der Waals surface area contributed by atoms with E-state index in [1.165, 1.54) is 11.0 Å². The number of rotatable bonds is 4. The van der Waals surface area contributed by atoms with Crippen LogP contribution in [-0.2, 0) is 9.59 Å². The maximum atomic E-state index is 13.1. The van der Waals surface area contributed by atoms with Crippen molar-refractivity contribution in [3.63, 3.8) is 0 Å². The molecule has 0 atom stereocenters. The molecular weight excluding hydrogens is 422 g/mol. The molecule has 1 N–H and O–H groups in total. The Kier molecular flexibility index (Phi) is 5.39. The van der Waals surface area contributed by atoms with E-state index in [0.29, 0.717) is 16.3 Å². The van der Waals surface area contributed by atoms with Crippen molar-refractivity contribution in [1.29, 1.82) is 0 Å². The molecule has 0 saturated carbocycles. The van der Waals surface area contributed by atoms with Gasteiger partial charge in [0.25, 0.3) is 11.8 Å². The van der Waals surface area contributed by atoms with Crippen LogP contribution in [0.4, 0.5) is 5.69 Å². The zero-order valence-electron chi connectivity index (χ0n) is 15.8. The third-order valence-corrected chi connectivity index (χ3v) is 5.09. The van der Waals surface area contributed by atoms with E-state index in [2.05, 4.69) is 5.32 Å². The molecule has 1 saturated heterocycles. The van der Waals surface area contributed by atoms with E-state index in [1.54, 1.807) is 31.4 Å². The molecule has 2 amide bonds. The predicted molar refractivity (Wildman–Crippen MR) is 120 cm³/mol. The van der Waals surface area contributed by atoms with Gasteiger partial charge in [0.1, 0.15) is 11.3 Å². The summed E-state index contributed by atoms with van der Waals surface area (Å²) in [5, 5.41) is 3.04. The number of carbonyl (C=O) groups is 2.